The zero-order chi connectivity index (χ0) is 15.7. The highest BCUT2D eigenvalue weighted by Gasteiger charge is 2.16. The Balaban J connectivity index is 2.51. The van der Waals surface area contributed by atoms with E-state index < -0.39 is 23.4 Å². The van der Waals surface area contributed by atoms with Crippen molar-refractivity contribution in [2.45, 2.75) is 0 Å². The maximum absolute atomic E-state index is 13.2. The molecule has 0 bridgehead atoms. The van der Waals surface area contributed by atoms with Gasteiger partial charge in [0.15, 0.2) is 17.5 Å². The van der Waals surface area contributed by atoms with Gasteiger partial charge in [-0.1, -0.05) is 11.6 Å². The molecule has 21 heavy (non-hydrogen) atoms. The third kappa shape index (κ3) is 3.03. The topological polar surface area (TPSA) is 81.1 Å². The van der Waals surface area contributed by atoms with Gasteiger partial charge in [-0.25, -0.2) is 13.2 Å². The first-order valence-corrected chi connectivity index (χ1v) is 5.97. The lowest BCUT2D eigenvalue weighted by Gasteiger charge is -2.13. The van der Waals surface area contributed by atoms with Gasteiger partial charge < -0.3 is 16.8 Å². The Kier molecular flexibility index (Phi) is 3.95. The normalized spacial score (nSPS) is 10.5. The number of benzene rings is 2. The van der Waals surface area contributed by atoms with Gasteiger partial charge in [0.2, 0.25) is 0 Å². The molecule has 8 heteroatoms. The van der Waals surface area contributed by atoms with Gasteiger partial charge in [0.25, 0.3) is 5.91 Å². The molecule has 0 aliphatic heterocycles. The first-order valence-electron chi connectivity index (χ1n) is 5.60. The standard InChI is InChI=1S/C13H9ClF3N3O/c14-8-2-5(18)1-7(13(19)21)12(8)20-6-3-9(15)11(17)10(16)4-6/h1-4,20H,18H2,(H2,19,21). The van der Waals surface area contributed by atoms with E-state index in [0.29, 0.717) is 0 Å². The van der Waals surface area contributed by atoms with Crippen molar-refractivity contribution >= 4 is 34.6 Å². The molecule has 5 N–H and O–H groups in total. The summed E-state index contributed by atoms with van der Waals surface area (Å²) in [5.74, 6) is -5.21. The van der Waals surface area contributed by atoms with Crippen LogP contribution in [0.4, 0.5) is 30.2 Å². The van der Waals surface area contributed by atoms with Crippen molar-refractivity contribution in [3.05, 3.63) is 52.3 Å². The van der Waals surface area contributed by atoms with Gasteiger partial charge in [0.05, 0.1) is 16.3 Å². The van der Waals surface area contributed by atoms with Crippen LogP contribution >= 0.6 is 11.6 Å². The molecule has 2 aromatic carbocycles. The number of nitrogens with two attached hydrogens (primary N) is 2. The maximum atomic E-state index is 13.2. The van der Waals surface area contributed by atoms with E-state index in [4.69, 9.17) is 23.1 Å². The number of carbonyl (C=O) groups excluding carboxylic acids is 1. The quantitative estimate of drug-likeness (QED) is 0.601. The summed E-state index contributed by atoms with van der Waals surface area (Å²) < 4.78 is 39.2. The highest BCUT2D eigenvalue weighted by molar-refractivity contribution is 6.34. The summed E-state index contributed by atoms with van der Waals surface area (Å²) in [5, 5.41) is 2.55. The van der Waals surface area contributed by atoms with Crippen LogP contribution in [0.5, 0.6) is 0 Å². The number of anilines is 3. The second-order valence-electron chi connectivity index (χ2n) is 4.17. The smallest absolute Gasteiger partial charge is 0.250 e. The third-order valence-corrected chi connectivity index (χ3v) is 2.93. The van der Waals surface area contributed by atoms with E-state index in [1.807, 2.05) is 0 Å². The van der Waals surface area contributed by atoms with Crippen molar-refractivity contribution in [2.24, 2.45) is 5.73 Å². The van der Waals surface area contributed by atoms with Crippen LogP contribution in [0, 0.1) is 17.5 Å². The summed E-state index contributed by atoms with van der Waals surface area (Å²) in [6, 6.07) is 4.02. The lowest BCUT2D eigenvalue weighted by atomic mass is 10.1. The fraction of sp³-hybridized carbons (Fsp3) is 0. The Morgan fingerprint density at radius 3 is 2.19 bits per heavy atom. The fourth-order valence-electron chi connectivity index (χ4n) is 1.72. The summed E-state index contributed by atoms with van der Waals surface area (Å²) in [6.45, 7) is 0. The lowest BCUT2D eigenvalue weighted by molar-refractivity contribution is 0.100. The number of rotatable bonds is 3. The first-order chi connectivity index (χ1) is 9.79. The second-order valence-corrected chi connectivity index (χ2v) is 4.58. The Morgan fingerprint density at radius 1 is 1.10 bits per heavy atom. The van der Waals surface area contributed by atoms with E-state index >= 15 is 0 Å². The Morgan fingerprint density at radius 2 is 1.67 bits per heavy atom. The zero-order valence-corrected chi connectivity index (χ0v) is 11.1. The number of nitrogens with one attached hydrogen (secondary N) is 1. The summed E-state index contributed by atoms with van der Waals surface area (Å²) in [5.41, 5.74) is 10.7. The van der Waals surface area contributed by atoms with Crippen LogP contribution in [0.3, 0.4) is 0 Å². The fourth-order valence-corrected chi connectivity index (χ4v) is 2.00. The molecule has 0 saturated heterocycles. The zero-order valence-electron chi connectivity index (χ0n) is 10.4. The van der Waals surface area contributed by atoms with Crippen molar-refractivity contribution in [1.29, 1.82) is 0 Å². The van der Waals surface area contributed by atoms with E-state index in [2.05, 4.69) is 5.32 Å². The minimum Gasteiger partial charge on any atom is -0.399 e. The first kappa shape index (κ1) is 15.0. The van der Waals surface area contributed by atoms with Crippen LogP contribution in [0.25, 0.3) is 0 Å². The van der Waals surface area contributed by atoms with Crippen molar-refractivity contribution in [1.82, 2.24) is 0 Å². The Hall–Kier alpha value is -2.41. The molecule has 0 saturated carbocycles. The monoisotopic (exact) mass is 315 g/mol. The number of nitrogen functional groups attached to an aromatic ring is 1. The van der Waals surface area contributed by atoms with Gasteiger partial charge in [0, 0.05) is 23.5 Å². The number of carbonyl (C=O) groups is 1. The number of primary amides is 1. The largest absolute Gasteiger partial charge is 0.399 e. The summed E-state index contributed by atoms with van der Waals surface area (Å²) >= 11 is 5.93. The molecule has 0 radical (unpaired) electrons. The molecular weight excluding hydrogens is 307 g/mol. The van der Waals surface area contributed by atoms with Gasteiger partial charge in [-0.3, -0.25) is 4.79 Å². The van der Waals surface area contributed by atoms with E-state index in [0.717, 1.165) is 12.1 Å². The van der Waals surface area contributed by atoms with Gasteiger partial charge in [0.1, 0.15) is 0 Å². The number of amides is 1. The van der Waals surface area contributed by atoms with E-state index in [-0.39, 0.29) is 27.6 Å². The molecular formula is C13H9ClF3N3O. The molecule has 4 nitrogen and oxygen atoms in total. The third-order valence-electron chi connectivity index (χ3n) is 2.63. The Labute approximate surface area is 122 Å². The molecule has 110 valence electrons. The van der Waals surface area contributed by atoms with E-state index in [1.165, 1.54) is 12.1 Å². The minimum absolute atomic E-state index is 0.0174. The molecule has 0 aromatic heterocycles. The van der Waals surface area contributed by atoms with Crippen LogP contribution in [-0.2, 0) is 0 Å². The van der Waals surface area contributed by atoms with Crippen LogP contribution in [-0.4, -0.2) is 5.91 Å². The van der Waals surface area contributed by atoms with E-state index in [9.17, 15) is 18.0 Å². The second kappa shape index (κ2) is 5.53. The van der Waals surface area contributed by atoms with Crippen molar-refractivity contribution in [3.63, 3.8) is 0 Å². The van der Waals surface area contributed by atoms with Crippen LogP contribution < -0.4 is 16.8 Å². The average Bonchev–Trinajstić information content (AvgIpc) is 2.38. The highest BCUT2D eigenvalue weighted by Crippen LogP contribution is 2.32. The summed E-state index contributed by atoms with van der Waals surface area (Å²) in [7, 11) is 0. The highest BCUT2D eigenvalue weighted by atomic mass is 35.5. The summed E-state index contributed by atoms with van der Waals surface area (Å²) in [6.07, 6.45) is 0. The van der Waals surface area contributed by atoms with Crippen LogP contribution in [0.2, 0.25) is 5.02 Å². The molecule has 0 aliphatic rings. The van der Waals surface area contributed by atoms with Gasteiger partial charge >= 0.3 is 0 Å². The molecule has 0 atom stereocenters. The van der Waals surface area contributed by atoms with Gasteiger partial charge in [-0.05, 0) is 12.1 Å². The number of hydrogen-bond acceptors (Lipinski definition) is 3. The summed E-state index contributed by atoms with van der Waals surface area (Å²) in [4.78, 5) is 11.4. The predicted octanol–water partition coefficient (Wildman–Crippen LogP) is 3.18. The number of halogens is 4. The lowest BCUT2D eigenvalue weighted by Crippen LogP contribution is -2.14. The molecule has 0 heterocycles. The minimum atomic E-state index is -1.60. The molecule has 2 rings (SSSR count). The molecule has 1 amide bonds. The predicted molar refractivity (Wildman–Crippen MR) is 74.0 cm³/mol. The molecule has 0 unspecified atom stereocenters. The van der Waals surface area contributed by atoms with E-state index in [1.54, 1.807) is 0 Å². The average molecular weight is 316 g/mol. The SMILES string of the molecule is NC(=O)c1cc(N)cc(Cl)c1Nc1cc(F)c(F)c(F)c1. The molecule has 0 spiro atoms. The molecule has 0 fully saturated rings. The van der Waals surface area contributed by atoms with Gasteiger partial charge in [-0.15, -0.1) is 0 Å². The van der Waals surface area contributed by atoms with Gasteiger partial charge in [-0.2, -0.15) is 0 Å². The van der Waals surface area contributed by atoms with Crippen molar-refractivity contribution in [3.8, 4) is 0 Å². The van der Waals surface area contributed by atoms with Crippen LogP contribution in [0.15, 0.2) is 24.3 Å². The molecule has 2 aromatic rings. The maximum Gasteiger partial charge on any atom is 0.250 e. The van der Waals surface area contributed by atoms with Crippen LogP contribution in [0.1, 0.15) is 10.4 Å². The Bertz CT molecular complexity index is 714. The van der Waals surface area contributed by atoms with Crippen molar-refractivity contribution in [2.75, 3.05) is 11.1 Å². The number of hydrogen-bond donors (Lipinski definition) is 3. The van der Waals surface area contributed by atoms with Crippen molar-refractivity contribution < 1.29 is 18.0 Å². The molecule has 0 aliphatic carbocycles.